The number of benzene rings is 8. The van der Waals surface area contributed by atoms with Crippen LogP contribution in [0.4, 0.5) is 17.3 Å². The molecule has 6 heteroatoms. The second kappa shape index (κ2) is 11.0. The van der Waals surface area contributed by atoms with Crippen molar-refractivity contribution < 1.29 is 0 Å². The van der Waals surface area contributed by atoms with Gasteiger partial charge in [0.05, 0.1) is 11.4 Å². The van der Waals surface area contributed by atoms with Gasteiger partial charge >= 0.3 is 0 Å². The zero-order chi connectivity index (χ0) is 34.6. The standard InChI is InChI=1S/C47H26N4S2/c1-2-14-29-27(11-1)25-26-33-32-17-7-12-28-13-8-22-38(41(28)32)51(42(29)33)47-49-45(36-20-9-18-34-30-15-3-5-23-39(30)52-43(34)36)48-46(50-47)37-21-10-19-35-31-16-4-6-24-40(31)53-44(35)37/h1-26H. The first-order valence-corrected chi connectivity index (χ1v) is 19.3. The van der Waals surface area contributed by atoms with E-state index < -0.39 is 0 Å². The van der Waals surface area contributed by atoms with Crippen LogP contribution in [0.1, 0.15) is 0 Å². The van der Waals surface area contributed by atoms with E-state index in [0.29, 0.717) is 17.6 Å². The van der Waals surface area contributed by atoms with Gasteiger partial charge < -0.3 is 0 Å². The van der Waals surface area contributed by atoms with Gasteiger partial charge in [-0.05, 0) is 46.7 Å². The molecule has 0 unspecified atom stereocenters. The lowest BCUT2D eigenvalue weighted by Crippen LogP contribution is -2.19. The van der Waals surface area contributed by atoms with Crippen LogP contribution in [0.25, 0.3) is 95.8 Å². The fraction of sp³-hybridized carbons (Fsp3) is 0. The molecule has 0 aliphatic carbocycles. The number of hydrogen-bond donors (Lipinski definition) is 0. The number of rotatable bonds is 3. The molecule has 3 aromatic heterocycles. The Morgan fingerprint density at radius 3 is 1.58 bits per heavy atom. The maximum Gasteiger partial charge on any atom is 0.238 e. The third kappa shape index (κ3) is 4.19. The van der Waals surface area contributed by atoms with E-state index in [1.807, 2.05) is 0 Å². The van der Waals surface area contributed by atoms with Crippen molar-refractivity contribution in [3.05, 3.63) is 158 Å². The summed E-state index contributed by atoms with van der Waals surface area (Å²) in [5.74, 6) is 1.92. The third-order valence-electron chi connectivity index (χ3n) is 10.7. The van der Waals surface area contributed by atoms with Crippen molar-refractivity contribution in [3.63, 3.8) is 0 Å². The molecular formula is C47H26N4S2. The molecule has 1 aliphatic rings. The molecule has 8 aromatic carbocycles. The van der Waals surface area contributed by atoms with Crippen molar-refractivity contribution in [2.75, 3.05) is 4.90 Å². The van der Waals surface area contributed by atoms with Gasteiger partial charge in [0.15, 0.2) is 11.6 Å². The fourth-order valence-electron chi connectivity index (χ4n) is 8.33. The molecule has 4 nitrogen and oxygen atoms in total. The highest BCUT2D eigenvalue weighted by molar-refractivity contribution is 7.26. The number of aromatic nitrogens is 3. The molecular weight excluding hydrogens is 685 g/mol. The lowest BCUT2D eigenvalue weighted by molar-refractivity contribution is 1.03. The van der Waals surface area contributed by atoms with Gasteiger partial charge in [0, 0.05) is 67.8 Å². The minimum absolute atomic E-state index is 0.598. The molecule has 0 amide bonds. The molecule has 4 heterocycles. The summed E-state index contributed by atoms with van der Waals surface area (Å²) in [7, 11) is 0. The van der Waals surface area contributed by atoms with Gasteiger partial charge in [0.1, 0.15) is 0 Å². The fourth-order valence-corrected chi connectivity index (χ4v) is 10.7. The van der Waals surface area contributed by atoms with Gasteiger partial charge in [0.2, 0.25) is 5.95 Å². The zero-order valence-electron chi connectivity index (χ0n) is 28.1. The summed E-state index contributed by atoms with van der Waals surface area (Å²) >= 11 is 3.59. The average molecular weight is 711 g/mol. The number of fused-ring (bicyclic) bond motifs is 10. The summed E-state index contributed by atoms with van der Waals surface area (Å²) < 4.78 is 4.85. The summed E-state index contributed by atoms with van der Waals surface area (Å²) in [4.78, 5) is 18.6. The normalized spacial score (nSPS) is 12.5. The number of thiophene rings is 2. The van der Waals surface area contributed by atoms with Crippen LogP contribution in [-0.4, -0.2) is 15.0 Å². The monoisotopic (exact) mass is 710 g/mol. The van der Waals surface area contributed by atoms with Crippen LogP contribution in [0.2, 0.25) is 0 Å². The maximum absolute atomic E-state index is 5.48. The lowest BCUT2D eigenvalue weighted by Gasteiger charge is -2.33. The van der Waals surface area contributed by atoms with Crippen LogP contribution in [0.5, 0.6) is 0 Å². The first-order chi connectivity index (χ1) is 26.3. The van der Waals surface area contributed by atoms with E-state index in [2.05, 4.69) is 163 Å². The van der Waals surface area contributed by atoms with Gasteiger partial charge in [0.25, 0.3) is 0 Å². The first-order valence-electron chi connectivity index (χ1n) is 17.7. The number of hydrogen-bond acceptors (Lipinski definition) is 6. The van der Waals surface area contributed by atoms with Crippen molar-refractivity contribution in [2.24, 2.45) is 0 Å². The van der Waals surface area contributed by atoms with Crippen LogP contribution < -0.4 is 4.90 Å². The molecule has 12 rings (SSSR count). The SMILES string of the molecule is c1ccc2c3c(ccc2c1)-c1cccc2cccc(c12)N3c1nc(-c2cccc3c2sc2ccccc23)nc(-c2cccc3c2sc2ccccc23)n1. The lowest BCUT2D eigenvalue weighted by atomic mass is 9.89. The van der Waals surface area contributed by atoms with Gasteiger partial charge in [-0.25, -0.2) is 4.98 Å². The summed E-state index contributed by atoms with van der Waals surface area (Å²) in [5, 5.41) is 9.62. The molecule has 0 spiro atoms. The molecule has 0 bridgehead atoms. The van der Waals surface area contributed by atoms with Gasteiger partial charge in [-0.2, -0.15) is 9.97 Å². The molecule has 0 saturated heterocycles. The number of nitrogens with zero attached hydrogens (tertiary/aromatic N) is 4. The largest absolute Gasteiger partial charge is 0.277 e. The van der Waals surface area contributed by atoms with E-state index in [1.165, 1.54) is 62.1 Å². The number of anilines is 3. The molecule has 0 radical (unpaired) electrons. The molecule has 0 N–H and O–H groups in total. The van der Waals surface area contributed by atoms with E-state index in [1.54, 1.807) is 22.7 Å². The smallest absolute Gasteiger partial charge is 0.238 e. The Labute approximate surface area is 311 Å². The highest BCUT2D eigenvalue weighted by Crippen LogP contribution is 2.53. The Bertz CT molecular complexity index is 3180. The van der Waals surface area contributed by atoms with E-state index in [9.17, 15) is 0 Å². The van der Waals surface area contributed by atoms with Crippen LogP contribution in [0, 0.1) is 0 Å². The van der Waals surface area contributed by atoms with Crippen LogP contribution >= 0.6 is 22.7 Å². The Balaban J connectivity index is 1.21. The van der Waals surface area contributed by atoms with E-state index in [-0.39, 0.29) is 0 Å². The van der Waals surface area contributed by atoms with Gasteiger partial charge in [-0.15, -0.1) is 22.7 Å². The molecule has 0 saturated carbocycles. The second-order valence-electron chi connectivity index (χ2n) is 13.5. The summed E-state index contributed by atoms with van der Waals surface area (Å²) in [6.07, 6.45) is 0. The Morgan fingerprint density at radius 1 is 0.377 bits per heavy atom. The topological polar surface area (TPSA) is 41.9 Å². The highest BCUT2D eigenvalue weighted by Gasteiger charge is 2.31. The van der Waals surface area contributed by atoms with Crippen molar-refractivity contribution in [2.45, 2.75) is 0 Å². The Hall–Kier alpha value is -6.47. The maximum atomic E-state index is 5.48. The van der Waals surface area contributed by atoms with Crippen molar-refractivity contribution in [1.82, 2.24) is 15.0 Å². The first kappa shape index (κ1) is 29.1. The summed E-state index contributed by atoms with van der Waals surface area (Å²) in [5.41, 5.74) is 6.53. The van der Waals surface area contributed by atoms with Gasteiger partial charge in [-0.1, -0.05) is 127 Å². The van der Waals surface area contributed by atoms with Crippen LogP contribution in [0.3, 0.4) is 0 Å². The van der Waals surface area contributed by atoms with Crippen LogP contribution in [-0.2, 0) is 0 Å². The molecule has 0 fully saturated rings. The predicted molar refractivity (Wildman–Crippen MR) is 225 cm³/mol. The Kier molecular flexibility index (Phi) is 6.06. The predicted octanol–water partition coefficient (Wildman–Crippen LogP) is 13.7. The van der Waals surface area contributed by atoms with Crippen molar-refractivity contribution in [3.8, 4) is 33.9 Å². The molecule has 53 heavy (non-hydrogen) atoms. The molecule has 1 aliphatic heterocycles. The third-order valence-corrected chi connectivity index (χ3v) is 13.1. The summed E-state index contributed by atoms with van der Waals surface area (Å²) in [6, 6.07) is 56.5. The zero-order valence-corrected chi connectivity index (χ0v) is 29.7. The van der Waals surface area contributed by atoms with E-state index in [4.69, 9.17) is 15.0 Å². The van der Waals surface area contributed by atoms with E-state index >= 15 is 0 Å². The minimum Gasteiger partial charge on any atom is -0.277 e. The van der Waals surface area contributed by atoms with Crippen molar-refractivity contribution in [1.29, 1.82) is 0 Å². The minimum atomic E-state index is 0.598. The van der Waals surface area contributed by atoms with E-state index in [0.717, 1.165) is 33.5 Å². The van der Waals surface area contributed by atoms with Crippen LogP contribution in [0.15, 0.2) is 158 Å². The van der Waals surface area contributed by atoms with Crippen molar-refractivity contribution >= 4 is 102 Å². The quantitative estimate of drug-likeness (QED) is 0.183. The summed E-state index contributed by atoms with van der Waals surface area (Å²) in [6.45, 7) is 0. The molecule has 246 valence electrons. The molecule has 0 atom stereocenters. The molecule has 11 aromatic rings. The Morgan fingerprint density at radius 2 is 0.906 bits per heavy atom. The average Bonchev–Trinajstić information content (AvgIpc) is 3.80. The van der Waals surface area contributed by atoms with Gasteiger partial charge in [-0.3, -0.25) is 4.90 Å². The highest BCUT2D eigenvalue weighted by atomic mass is 32.1. The second-order valence-corrected chi connectivity index (χ2v) is 15.6.